The van der Waals surface area contributed by atoms with E-state index in [0.29, 0.717) is 0 Å². The number of para-hydroxylation sites is 1. The van der Waals surface area contributed by atoms with Crippen molar-refractivity contribution in [3.05, 3.63) is 102 Å². The van der Waals surface area contributed by atoms with Gasteiger partial charge in [0, 0.05) is 20.9 Å². The van der Waals surface area contributed by atoms with E-state index in [1.807, 2.05) is 0 Å². The highest BCUT2D eigenvalue weighted by atomic mass is 79.9. The molecule has 0 aliphatic carbocycles. The van der Waals surface area contributed by atoms with Gasteiger partial charge in [0.05, 0.1) is 11.0 Å². The number of hydrogen-bond donors (Lipinski definition) is 0. The van der Waals surface area contributed by atoms with Crippen LogP contribution in [0, 0.1) is 0 Å². The van der Waals surface area contributed by atoms with E-state index >= 15 is 0 Å². The lowest BCUT2D eigenvalue weighted by molar-refractivity contribution is 1.18. The van der Waals surface area contributed by atoms with Crippen molar-refractivity contribution in [2.24, 2.45) is 0 Å². The SMILES string of the molecule is Brc1ccc2c3ccccc3n(-c3cccc(-c4ccccc4)c3)c2c1. The van der Waals surface area contributed by atoms with Crippen LogP contribution >= 0.6 is 15.9 Å². The zero-order valence-corrected chi connectivity index (χ0v) is 15.6. The summed E-state index contributed by atoms with van der Waals surface area (Å²) in [6.45, 7) is 0. The van der Waals surface area contributed by atoms with Gasteiger partial charge in [-0.15, -0.1) is 0 Å². The number of nitrogens with zero attached hydrogens (tertiary/aromatic N) is 1. The zero-order valence-electron chi connectivity index (χ0n) is 14.1. The molecule has 0 aliphatic heterocycles. The molecule has 1 heterocycles. The van der Waals surface area contributed by atoms with E-state index in [9.17, 15) is 0 Å². The second-order valence-electron chi connectivity index (χ2n) is 6.43. The molecule has 26 heavy (non-hydrogen) atoms. The first-order valence-corrected chi connectivity index (χ1v) is 9.45. The Morgan fingerprint density at radius 3 is 2.15 bits per heavy atom. The monoisotopic (exact) mass is 397 g/mol. The van der Waals surface area contributed by atoms with E-state index in [0.717, 1.165) is 4.47 Å². The summed E-state index contributed by atoms with van der Waals surface area (Å²) in [5.74, 6) is 0. The molecule has 0 bridgehead atoms. The van der Waals surface area contributed by atoms with E-state index < -0.39 is 0 Å². The van der Waals surface area contributed by atoms with Gasteiger partial charge in [-0.3, -0.25) is 0 Å². The highest BCUT2D eigenvalue weighted by molar-refractivity contribution is 9.10. The molecule has 4 aromatic carbocycles. The molecular formula is C24H16BrN. The van der Waals surface area contributed by atoms with Crippen molar-refractivity contribution in [3.8, 4) is 16.8 Å². The van der Waals surface area contributed by atoms with Gasteiger partial charge in [-0.1, -0.05) is 82.7 Å². The maximum atomic E-state index is 3.63. The lowest BCUT2D eigenvalue weighted by atomic mass is 10.1. The smallest absolute Gasteiger partial charge is 0.0552 e. The number of fused-ring (bicyclic) bond motifs is 3. The van der Waals surface area contributed by atoms with Crippen LogP contribution in [0.15, 0.2) is 102 Å². The maximum absolute atomic E-state index is 3.63. The third-order valence-electron chi connectivity index (χ3n) is 4.85. The molecule has 5 aromatic rings. The lowest BCUT2D eigenvalue weighted by Gasteiger charge is -2.10. The van der Waals surface area contributed by atoms with Crippen LogP contribution in [-0.2, 0) is 0 Å². The molecule has 0 atom stereocenters. The molecule has 2 heteroatoms. The summed E-state index contributed by atoms with van der Waals surface area (Å²) >= 11 is 3.63. The molecule has 5 rings (SSSR count). The van der Waals surface area contributed by atoms with Gasteiger partial charge < -0.3 is 4.57 Å². The van der Waals surface area contributed by atoms with Crippen molar-refractivity contribution in [1.29, 1.82) is 0 Å². The highest BCUT2D eigenvalue weighted by Crippen LogP contribution is 2.34. The Bertz CT molecular complexity index is 1240. The molecule has 0 unspecified atom stereocenters. The fourth-order valence-electron chi connectivity index (χ4n) is 3.68. The van der Waals surface area contributed by atoms with Crippen molar-refractivity contribution in [3.63, 3.8) is 0 Å². The molecule has 0 radical (unpaired) electrons. The van der Waals surface area contributed by atoms with Crippen LogP contribution in [0.5, 0.6) is 0 Å². The Hall–Kier alpha value is -2.84. The third kappa shape index (κ3) is 2.46. The van der Waals surface area contributed by atoms with Crippen molar-refractivity contribution >= 4 is 37.7 Å². The predicted molar refractivity (Wildman–Crippen MR) is 114 cm³/mol. The van der Waals surface area contributed by atoms with E-state index in [2.05, 4.69) is 118 Å². The quantitative estimate of drug-likeness (QED) is 0.296. The van der Waals surface area contributed by atoms with Gasteiger partial charge in [0.1, 0.15) is 0 Å². The standard InChI is InChI=1S/C24H16BrN/c25-19-13-14-22-21-11-4-5-12-23(21)26(24(22)16-19)20-10-6-9-18(15-20)17-7-2-1-3-8-17/h1-16H. The predicted octanol–water partition coefficient (Wildman–Crippen LogP) is 7.21. The zero-order chi connectivity index (χ0) is 17.5. The van der Waals surface area contributed by atoms with Crippen LogP contribution in [-0.4, -0.2) is 4.57 Å². The Kier molecular flexibility index (Phi) is 3.65. The Balaban J connectivity index is 1.83. The molecule has 124 valence electrons. The average molecular weight is 398 g/mol. The summed E-state index contributed by atoms with van der Waals surface area (Å²) in [5.41, 5.74) is 6.08. The fraction of sp³-hybridized carbons (Fsp3) is 0. The summed E-state index contributed by atoms with van der Waals surface area (Å²) in [6, 6.07) is 34.4. The summed E-state index contributed by atoms with van der Waals surface area (Å²) in [5, 5.41) is 2.55. The van der Waals surface area contributed by atoms with E-state index in [1.165, 1.54) is 38.6 Å². The molecule has 1 nitrogen and oxygen atoms in total. The number of halogens is 1. The number of rotatable bonds is 2. The molecule has 0 spiro atoms. The molecule has 1 aromatic heterocycles. The summed E-state index contributed by atoms with van der Waals surface area (Å²) in [4.78, 5) is 0. The molecule has 0 N–H and O–H groups in total. The van der Waals surface area contributed by atoms with Gasteiger partial charge in [-0.05, 0) is 41.5 Å². The van der Waals surface area contributed by atoms with Gasteiger partial charge in [0.15, 0.2) is 0 Å². The molecular weight excluding hydrogens is 382 g/mol. The molecule has 0 amide bonds. The van der Waals surface area contributed by atoms with Crippen LogP contribution in [0.25, 0.3) is 38.6 Å². The second-order valence-corrected chi connectivity index (χ2v) is 7.35. The topological polar surface area (TPSA) is 4.93 Å². The number of hydrogen-bond acceptors (Lipinski definition) is 0. The third-order valence-corrected chi connectivity index (χ3v) is 5.34. The minimum Gasteiger partial charge on any atom is -0.309 e. The molecule has 0 saturated heterocycles. The van der Waals surface area contributed by atoms with Gasteiger partial charge >= 0.3 is 0 Å². The largest absolute Gasteiger partial charge is 0.309 e. The van der Waals surface area contributed by atoms with Gasteiger partial charge in [0.25, 0.3) is 0 Å². The van der Waals surface area contributed by atoms with Crippen LogP contribution in [0.4, 0.5) is 0 Å². The van der Waals surface area contributed by atoms with Crippen molar-refractivity contribution in [2.75, 3.05) is 0 Å². The van der Waals surface area contributed by atoms with Crippen LogP contribution < -0.4 is 0 Å². The van der Waals surface area contributed by atoms with Crippen LogP contribution in [0.2, 0.25) is 0 Å². The highest BCUT2D eigenvalue weighted by Gasteiger charge is 2.12. The minimum absolute atomic E-state index is 1.09. The molecule has 0 aliphatic rings. The lowest BCUT2D eigenvalue weighted by Crippen LogP contribution is -1.94. The normalized spacial score (nSPS) is 11.3. The average Bonchev–Trinajstić information content (AvgIpc) is 3.02. The van der Waals surface area contributed by atoms with Gasteiger partial charge in [-0.25, -0.2) is 0 Å². The second kappa shape index (κ2) is 6.15. The van der Waals surface area contributed by atoms with E-state index in [-0.39, 0.29) is 0 Å². The van der Waals surface area contributed by atoms with E-state index in [4.69, 9.17) is 0 Å². The molecule has 0 saturated carbocycles. The Morgan fingerprint density at radius 1 is 0.538 bits per heavy atom. The van der Waals surface area contributed by atoms with E-state index in [1.54, 1.807) is 0 Å². The van der Waals surface area contributed by atoms with Crippen molar-refractivity contribution in [2.45, 2.75) is 0 Å². The maximum Gasteiger partial charge on any atom is 0.0552 e. The van der Waals surface area contributed by atoms with Crippen molar-refractivity contribution < 1.29 is 0 Å². The Morgan fingerprint density at radius 2 is 1.27 bits per heavy atom. The van der Waals surface area contributed by atoms with Crippen LogP contribution in [0.1, 0.15) is 0 Å². The summed E-state index contributed by atoms with van der Waals surface area (Å²) in [7, 11) is 0. The Labute approximate surface area is 160 Å². The first kappa shape index (κ1) is 15.4. The van der Waals surface area contributed by atoms with Crippen LogP contribution in [0.3, 0.4) is 0 Å². The number of aromatic nitrogens is 1. The van der Waals surface area contributed by atoms with Gasteiger partial charge in [0.2, 0.25) is 0 Å². The van der Waals surface area contributed by atoms with Crippen molar-refractivity contribution in [1.82, 2.24) is 4.57 Å². The fourth-order valence-corrected chi connectivity index (χ4v) is 4.03. The first-order valence-electron chi connectivity index (χ1n) is 8.66. The first-order chi connectivity index (χ1) is 12.8. The minimum atomic E-state index is 1.09. The summed E-state index contributed by atoms with van der Waals surface area (Å²) < 4.78 is 3.44. The molecule has 0 fully saturated rings. The van der Waals surface area contributed by atoms with Gasteiger partial charge in [-0.2, -0.15) is 0 Å². The number of benzene rings is 4. The summed E-state index contributed by atoms with van der Waals surface area (Å²) in [6.07, 6.45) is 0.